The van der Waals surface area contributed by atoms with Gasteiger partial charge < -0.3 is 5.11 Å². The molecular formula is C7H14Br2O. The second-order valence-corrected chi connectivity index (χ2v) is 5.47. The number of hydrogen-bond acceptors (Lipinski definition) is 1. The lowest BCUT2D eigenvalue weighted by Crippen LogP contribution is -2.38. The van der Waals surface area contributed by atoms with Crippen LogP contribution >= 0.6 is 31.9 Å². The largest absolute Gasteiger partial charge is 0.391 e. The molecule has 0 aliphatic heterocycles. The van der Waals surface area contributed by atoms with Crippen molar-refractivity contribution in [3.63, 3.8) is 0 Å². The highest BCUT2D eigenvalue weighted by Crippen LogP contribution is 2.28. The maximum Gasteiger partial charge on any atom is 0.0721 e. The zero-order chi connectivity index (χ0) is 8.36. The Morgan fingerprint density at radius 2 is 1.90 bits per heavy atom. The van der Waals surface area contributed by atoms with Crippen molar-refractivity contribution in [3.8, 4) is 0 Å². The molecule has 0 radical (unpaired) electrons. The van der Waals surface area contributed by atoms with Gasteiger partial charge in [-0.2, -0.15) is 0 Å². The second-order valence-electron chi connectivity index (χ2n) is 3.10. The van der Waals surface area contributed by atoms with Crippen LogP contribution in [0.25, 0.3) is 0 Å². The third-order valence-electron chi connectivity index (χ3n) is 1.51. The van der Waals surface area contributed by atoms with Gasteiger partial charge >= 0.3 is 0 Å². The van der Waals surface area contributed by atoms with E-state index in [2.05, 4.69) is 31.9 Å². The molecule has 0 heterocycles. The summed E-state index contributed by atoms with van der Waals surface area (Å²) in [6.45, 7) is 5.99. The number of rotatable bonds is 3. The highest BCUT2D eigenvalue weighted by atomic mass is 79.9. The summed E-state index contributed by atoms with van der Waals surface area (Å²) in [6.07, 6.45) is -0.299. The first-order valence-electron chi connectivity index (χ1n) is 3.34. The fourth-order valence-electron chi connectivity index (χ4n) is 0.774. The molecule has 0 amide bonds. The molecule has 0 fully saturated rings. The molecule has 10 heavy (non-hydrogen) atoms. The summed E-state index contributed by atoms with van der Waals surface area (Å²) in [5.41, 5.74) is 0. The summed E-state index contributed by atoms with van der Waals surface area (Å²) in [7, 11) is 0. The van der Waals surface area contributed by atoms with Crippen molar-refractivity contribution in [1.82, 2.24) is 0 Å². The average Bonchev–Trinajstić information content (AvgIpc) is 1.86. The Balaban J connectivity index is 4.03. The molecule has 0 rings (SSSR count). The van der Waals surface area contributed by atoms with Gasteiger partial charge in [0.25, 0.3) is 0 Å². The zero-order valence-corrected chi connectivity index (χ0v) is 9.74. The van der Waals surface area contributed by atoms with Gasteiger partial charge in [0.05, 0.1) is 10.4 Å². The number of halogens is 2. The van der Waals surface area contributed by atoms with E-state index in [9.17, 15) is 5.11 Å². The fourth-order valence-corrected chi connectivity index (χ4v) is 1.63. The van der Waals surface area contributed by atoms with E-state index < -0.39 is 0 Å². The Bertz CT molecular complexity index is 102. The van der Waals surface area contributed by atoms with Crippen molar-refractivity contribution < 1.29 is 5.11 Å². The van der Waals surface area contributed by atoms with Crippen molar-refractivity contribution >= 4 is 31.9 Å². The molecule has 62 valence electrons. The molecule has 0 aliphatic carbocycles. The van der Waals surface area contributed by atoms with Gasteiger partial charge in [0, 0.05) is 5.33 Å². The van der Waals surface area contributed by atoms with Crippen LogP contribution in [0.4, 0.5) is 0 Å². The van der Waals surface area contributed by atoms with Crippen molar-refractivity contribution in [2.24, 2.45) is 5.92 Å². The smallest absolute Gasteiger partial charge is 0.0721 e. The minimum Gasteiger partial charge on any atom is -0.391 e. The molecule has 0 saturated carbocycles. The predicted octanol–water partition coefficient (Wildman–Crippen LogP) is 2.55. The van der Waals surface area contributed by atoms with E-state index in [0.29, 0.717) is 5.92 Å². The maximum absolute atomic E-state index is 9.58. The van der Waals surface area contributed by atoms with Gasteiger partial charge in [-0.15, -0.1) is 0 Å². The van der Waals surface area contributed by atoms with Gasteiger partial charge in [0.15, 0.2) is 0 Å². The van der Waals surface area contributed by atoms with Gasteiger partial charge in [-0.3, -0.25) is 0 Å². The van der Waals surface area contributed by atoms with Gasteiger partial charge in [-0.25, -0.2) is 0 Å². The minimum absolute atomic E-state index is 0.193. The number of hydrogen-bond donors (Lipinski definition) is 1. The zero-order valence-electron chi connectivity index (χ0n) is 6.56. The monoisotopic (exact) mass is 272 g/mol. The fraction of sp³-hybridized carbons (Fsp3) is 1.00. The third kappa shape index (κ3) is 2.89. The van der Waals surface area contributed by atoms with Crippen LogP contribution in [0.15, 0.2) is 0 Å². The van der Waals surface area contributed by atoms with Crippen LogP contribution in [-0.2, 0) is 0 Å². The van der Waals surface area contributed by atoms with Crippen LogP contribution in [0, 0.1) is 5.92 Å². The number of aliphatic hydroxyl groups is 1. The molecule has 0 saturated heterocycles. The van der Waals surface area contributed by atoms with Gasteiger partial charge in [0.1, 0.15) is 0 Å². The van der Waals surface area contributed by atoms with E-state index >= 15 is 0 Å². The molecular weight excluding hydrogens is 260 g/mol. The Morgan fingerprint density at radius 3 is 2.00 bits per heavy atom. The molecule has 0 aromatic rings. The Kier molecular flexibility index (Phi) is 4.45. The molecule has 2 atom stereocenters. The molecule has 0 aromatic heterocycles. The molecule has 0 bridgehead atoms. The molecule has 0 aliphatic rings. The maximum atomic E-state index is 9.58. The van der Waals surface area contributed by atoms with E-state index in [-0.39, 0.29) is 10.4 Å². The van der Waals surface area contributed by atoms with Crippen molar-refractivity contribution in [1.29, 1.82) is 0 Å². The lowest BCUT2D eigenvalue weighted by atomic mass is 9.96. The minimum atomic E-state index is -0.299. The van der Waals surface area contributed by atoms with E-state index in [0.717, 1.165) is 5.33 Å². The molecule has 1 N–H and O–H groups in total. The summed E-state index contributed by atoms with van der Waals surface area (Å²) < 4.78 is -0.193. The predicted molar refractivity (Wildman–Crippen MR) is 52.0 cm³/mol. The van der Waals surface area contributed by atoms with Crippen LogP contribution in [0.3, 0.4) is 0 Å². The number of aliphatic hydroxyl groups excluding tert-OH is 1. The summed E-state index contributed by atoms with van der Waals surface area (Å²) in [4.78, 5) is 0. The van der Waals surface area contributed by atoms with Crippen LogP contribution in [0.1, 0.15) is 20.8 Å². The van der Waals surface area contributed by atoms with Gasteiger partial charge in [-0.1, -0.05) is 45.7 Å². The van der Waals surface area contributed by atoms with Crippen molar-refractivity contribution in [2.45, 2.75) is 31.2 Å². The lowest BCUT2D eigenvalue weighted by molar-refractivity contribution is 0.100. The Hall–Kier alpha value is 0.920. The van der Waals surface area contributed by atoms with E-state index in [4.69, 9.17) is 0 Å². The number of alkyl halides is 2. The van der Waals surface area contributed by atoms with Gasteiger partial charge in [-0.05, 0) is 12.8 Å². The summed E-state index contributed by atoms with van der Waals surface area (Å²) in [5, 5.41) is 10.3. The molecule has 0 aromatic carbocycles. The van der Waals surface area contributed by atoms with E-state index in [1.165, 1.54) is 0 Å². The summed E-state index contributed by atoms with van der Waals surface area (Å²) in [6, 6.07) is 0. The Labute approximate surface area is 79.5 Å². The first-order chi connectivity index (χ1) is 4.41. The topological polar surface area (TPSA) is 20.2 Å². The van der Waals surface area contributed by atoms with E-state index in [1.807, 2.05) is 20.8 Å². The Morgan fingerprint density at radius 1 is 1.50 bits per heavy atom. The van der Waals surface area contributed by atoms with E-state index in [1.54, 1.807) is 0 Å². The first-order valence-corrected chi connectivity index (χ1v) is 5.26. The SMILES string of the molecule is CC(C)C(O)C(C)(Br)CBr. The van der Waals surface area contributed by atoms with Crippen molar-refractivity contribution in [3.05, 3.63) is 0 Å². The summed E-state index contributed by atoms with van der Waals surface area (Å²) >= 11 is 6.78. The standard InChI is InChI=1S/C7H14Br2O/c1-5(2)6(10)7(3,9)4-8/h5-6,10H,4H2,1-3H3. The molecule has 3 heteroatoms. The van der Waals surface area contributed by atoms with Gasteiger partial charge in [0.2, 0.25) is 0 Å². The quantitative estimate of drug-likeness (QED) is 0.784. The lowest BCUT2D eigenvalue weighted by Gasteiger charge is -2.29. The summed E-state index contributed by atoms with van der Waals surface area (Å²) in [5.74, 6) is 0.293. The molecule has 0 spiro atoms. The van der Waals surface area contributed by atoms with Crippen LogP contribution in [0.5, 0.6) is 0 Å². The molecule has 2 unspecified atom stereocenters. The third-order valence-corrected chi connectivity index (χ3v) is 4.18. The van der Waals surface area contributed by atoms with Crippen LogP contribution in [0.2, 0.25) is 0 Å². The highest BCUT2D eigenvalue weighted by Gasteiger charge is 2.30. The second kappa shape index (κ2) is 4.07. The van der Waals surface area contributed by atoms with Crippen molar-refractivity contribution in [2.75, 3.05) is 5.33 Å². The van der Waals surface area contributed by atoms with Crippen LogP contribution < -0.4 is 0 Å². The molecule has 1 nitrogen and oxygen atoms in total. The normalized spacial score (nSPS) is 20.7. The highest BCUT2D eigenvalue weighted by molar-refractivity contribution is 9.12. The van der Waals surface area contributed by atoms with Crippen LogP contribution in [-0.4, -0.2) is 20.9 Å². The first kappa shape index (κ1) is 10.9. The average molecular weight is 274 g/mol.